The Morgan fingerprint density at radius 2 is 1.79 bits per heavy atom. The molecule has 29 heavy (non-hydrogen) atoms. The minimum Gasteiger partial charge on any atom is -0.367 e. The van der Waals surface area contributed by atoms with Crippen LogP contribution in [0.5, 0.6) is 0 Å². The third kappa shape index (κ3) is 4.67. The summed E-state index contributed by atoms with van der Waals surface area (Å²) in [5, 5.41) is 3.05. The highest BCUT2D eigenvalue weighted by molar-refractivity contribution is 5.78. The number of urea groups is 1. The van der Waals surface area contributed by atoms with E-state index >= 15 is 0 Å². The van der Waals surface area contributed by atoms with E-state index in [2.05, 4.69) is 15.2 Å². The predicted octanol–water partition coefficient (Wildman–Crippen LogP) is 2.24. The van der Waals surface area contributed by atoms with E-state index in [0.29, 0.717) is 32.6 Å². The average Bonchev–Trinajstić information content (AvgIpc) is 3.18. The molecule has 2 aromatic rings. The van der Waals surface area contributed by atoms with Crippen molar-refractivity contribution >= 4 is 17.6 Å². The molecule has 0 unspecified atom stereocenters. The lowest BCUT2D eigenvalue weighted by Crippen LogP contribution is -2.51. The van der Waals surface area contributed by atoms with Gasteiger partial charge in [-0.15, -0.1) is 0 Å². The van der Waals surface area contributed by atoms with Gasteiger partial charge in [0.2, 0.25) is 5.91 Å². The third-order valence-corrected chi connectivity index (χ3v) is 5.66. The van der Waals surface area contributed by atoms with Crippen LogP contribution in [0.1, 0.15) is 24.0 Å². The number of hydrogen-bond donors (Lipinski definition) is 1. The number of nitrogens with one attached hydrogen (secondary N) is 1. The number of aromatic nitrogens is 1. The maximum Gasteiger partial charge on any atom is 0.317 e. The molecule has 1 aromatic carbocycles. The fourth-order valence-corrected chi connectivity index (χ4v) is 3.95. The van der Waals surface area contributed by atoms with E-state index in [0.717, 1.165) is 42.9 Å². The maximum atomic E-state index is 12.6. The van der Waals surface area contributed by atoms with Crippen molar-refractivity contribution in [1.29, 1.82) is 0 Å². The first kappa shape index (κ1) is 19.2. The summed E-state index contributed by atoms with van der Waals surface area (Å²) in [4.78, 5) is 34.8. The van der Waals surface area contributed by atoms with Crippen LogP contribution in [0.4, 0.5) is 10.5 Å². The number of carbonyl (C=O) groups is 2. The predicted molar refractivity (Wildman–Crippen MR) is 111 cm³/mol. The molecule has 152 valence electrons. The molecule has 1 N–H and O–H groups in total. The lowest BCUT2D eigenvalue weighted by atomic mass is 10.1. The molecule has 7 nitrogen and oxygen atoms in total. The van der Waals surface area contributed by atoms with Gasteiger partial charge in [0, 0.05) is 58.4 Å². The molecule has 4 rings (SSSR count). The molecule has 0 bridgehead atoms. The Kier molecular flexibility index (Phi) is 5.93. The molecule has 0 aliphatic carbocycles. The first-order chi connectivity index (χ1) is 14.2. The monoisotopic (exact) mass is 393 g/mol. The number of carbonyl (C=O) groups excluding carboxylic acids is 2. The van der Waals surface area contributed by atoms with E-state index in [1.165, 1.54) is 0 Å². The average molecular weight is 393 g/mol. The van der Waals surface area contributed by atoms with E-state index in [9.17, 15) is 9.59 Å². The van der Waals surface area contributed by atoms with Crippen molar-refractivity contribution in [3.05, 3.63) is 59.9 Å². The highest BCUT2D eigenvalue weighted by Gasteiger charge is 2.23. The topological polar surface area (TPSA) is 68.8 Å². The standard InChI is InChI=1S/C22H27N5O2/c28-21-8-4-10-27(21)17-19-6-2-1-5-18(19)15-24-22(29)26-13-11-25(12-14-26)20-7-3-9-23-16-20/h1-3,5-7,9,16H,4,8,10-15,17H2,(H,24,29). The molecule has 0 spiro atoms. The highest BCUT2D eigenvalue weighted by atomic mass is 16.2. The molecule has 2 fully saturated rings. The van der Waals surface area contributed by atoms with Crippen molar-refractivity contribution in [3.63, 3.8) is 0 Å². The van der Waals surface area contributed by atoms with Gasteiger partial charge in [-0.25, -0.2) is 4.79 Å². The minimum absolute atomic E-state index is 0.0390. The number of amides is 3. The number of piperazine rings is 1. The van der Waals surface area contributed by atoms with Gasteiger partial charge in [0.05, 0.1) is 11.9 Å². The second kappa shape index (κ2) is 8.94. The van der Waals surface area contributed by atoms with Crippen LogP contribution in [-0.2, 0) is 17.9 Å². The van der Waals surface area contributed by atoms with Crippen LogP contribution in [0.15, 0.2) is 48.8 Å². The number of likely N-dealkylation sites (tertiary alicyclic amines) is 1. The van der Waals surface area contributed by atoms with Crippen LogP contribution < -0.4 is 10.2 Å². The van der Waals surface area contributed by atoms with E-state index < -0.39 is 0 Å². The molecule has 2 aliphatic rings. The van der Waals surface area contributed by atoms with Crippen molar-refractivity contribution in [1.82, 2.24) is 20.1 Å². The number of hydrogen-bond acceptors (Lipinski definition) is 4. The van der Waals surface area contributed by atoms with Crippen LogP contribution in [0.25, 0.3) is 0 Å². The summed E-state index contributed by atoms with van der Waals surface area (Å²) in [7, 11) is 0. The fourth-order valence-electron chi connectivity index (χ4n) is 3.95. The Bertz CT molecular complexity index is 849. The molecule has 1 aromatic heterocycles. The van der Waals surface area contributed by atoms with Gasteiger partial charge in [0.25, 0.3) is 0 Å². The van der Waals surface area contributed by atoms with Crippen molar-refractivity contribution < 1.29 is 9.59 Å². The van der Waals surface area contributed by atoms with Crippen molar-refractivity contribution in [2.75, 3.05) is 37.6 Å². The molecule has 0 atom stereocenters. The number of rotatable bonds is 5. The van der Waals surface area contributed by atoms with Gasteiger partial charge < -0.3 is 20.0 Å². The van der Waals surface area contributed by atoms with Gasteiger partial charge >= 0.3 is 6.03 Å². The normalized spacial score (nSPS) is 17.0. The molecule has 7 heteroatoms. The summed E-state index contributed by atoms with van der Waals surface area (Å²) in [6, 6.07) is 12.0. The van der Waals surface area contributed by atoms with E-state index in [-0.39, 0.29) is 11.9 Å². The van der Waals surface area contributed by atoms with E-state index in [4.69, 9.17) is 0 Å². The minimum atomic E-state index is -0.0390. The summed E-state index contributed by atoms with van der Waals surface area (Å²) < 4.78 is 0. The summed E-state index contributed by atoms with van der Waals surface area (Å²) in [6.07, 6.45) is 5.20. The number of nitrogens with zero attached hydrogens (tertiary/aromatic N) is 4. The molecule has 0 radical (unpaired) electrons. The second-order valence-corrected chi connectivity index (χ2v) is 7.53. The van der Waals surface area contributed by atoms with Gasteiger partial charge in [0.15, 0.2) is 0 Å². The molecule has 2 aliphatic heterocycles. The van der Waals surface area contributed by atoms with Gasteiger partial charge in [-0.3, -0.25) is 9.78 Å². The summed E-state index contributed by atoms with van der Waals surface area (Å²) in [5.41, 5.74) is 3.26. The Hall–Kier alpha value is -3.09. The lowest BCUT2D eigenvalue weighted by molar-refractivity contribution is -0.128. The van der Waals surface area contributed by atoms with Gasteiger partial charge in [-0.2, -0.15) is 0 Å². The van der Waals surface area contributed by atoms with Gasteiger partial charge in [-0.05, 0) is 29.7 Å². The Balaban J connectivity index is 1.30. The third-order valence-electron chi connectivity index (χ3n) is 5.66. The van der Waals surface area contributed by atoms with Crippen LogP contribution in [0.2, 0.25) is 0 Å². The Morgan fingerprint density at radius 3 is 2.48 bits per heavy atom. The molecular formula is C22H27N5O2. The second-order valence-electron chi connectivity index (χ2n) is 7.53. The molecule has 2 saturated heterocycles. The Morgan fingerprint density at radius 1 is 1.00 bits per heavy atom. The molecule has 0 saturated carbocycles. The van der Waals surface area contributed by atoms with Crippen molar-refractivity contribution in [2.45, 2.75) is 25.9 Å². The SMILES string of the molecule is O=C1CCCN1Cc1ccccc1CNC(=O)N1CCN(c2cccnc2)CC1. The van der Waals surface area contributed by atoms with Crippen LogP contribution in [0.3, 0.4) is 0 Å². The van der Waals surface area contributed by atoms with E-state index in [1.54, 1.807) is 6.20 Å². The first-order valence-corrected chi connectivity index (χ1v) is 10.2. The number of pyridine rings is 1. The highest BCUT2D eigenvalue weighted by Crippen LogP contribution is 2.18. The summed E-state index contributed by atoms with van der Waals surface area (Å²) >= 11 is 0. The maximum absolute atomic E-state index is 12.6. The Labute approximate surface area is 171 Å². The fraction of sp³-hybridized carbons (Fsp3) is 0.409. The first-order valence-electron chi connectivity index (χ1n) is 10.2. The lowest BCUT2D eigenvalue weighted by Gasteiger charge is -2.35. The molecule has 3 amide bonds. The summed E-state index contributed by atoms with van der Waals surface area (Å²) in [5.74, 6) is 0.218. The zero-order valence-corrected chi connectivity index (χ0v) is 16.6. The number of benzene rings is 1. The van der Waals surface area contributed by atoms with Crippen molar-refractivity contribution in [2.24, 2.45) is 0 Å². The van der Waals surface area contributed by atoms with Gasteiger partial charge in [-0.1, -0.05) is 24.3 Å². The van der Waals surface area contributed by atoms with Crippen molar-refractivity contribution in [3.8, 4) is 0 Å². The van der Waals surface area contributed by atoms with E-state index in [1.807, 2.05) is 52.4 Å². The smallest absolute Gasteiger partial charge is 0.317 e. The van der Waals surface area contributed by atoms with Crippen LogP contribution >= 0.6 is 0 Å². The summed E-state index contributed by atoms with van der Waals surface area (Å²) in [6.45, 7) is 4.88. The largest absolute Gasteiger partial charge is 0.367 e. The van der Waals surface area contributed by atoms with Crippen LogP contribution in [0, 0.1) is 0 Å². The quantitative estimate of drug-likeness (QED) is 0.846. The molecular weight excluding hydrogens is 366 g/mol. The van der Waals surface area contributed by atoms with Gasteiger partial charge in [0.1, 0.15) is 0 Å². The number of anilines is 1. The zero-order valence-electron chi connectivity index (χ0n) is 16.6. The zero-order chi connectivity index (χ0) is 20.1. The molecule has 3 heterocycles. The van der Waals surface area contributed by atoms with Crippen LogP contribution in [-0.4, -0.2) is 59.4 Å².